The van der Waals surface area contributed by atoms with Crippen LogP contribution in [0.15, 0.2) is 24.3 Å². The second-order valence-electron chi connectivity index (χ2n) is 5.48. The van der Waals surface area contributed by atoms with E-state index in [1.54, 1.807) is 45.9 Å². The van der Waals surface area contributed by atoms with Gasteiger partial charge in [0.1, 0.15) is 5.60 Å². The lowest BCUT2D eigenvalue weighted by molar-refractivity contribution is -0.169. The first-order valence-corrected chi connectivity index (χ1v) is 5.90. The van der Waals surface area contributed by atoms with Crippen LogP contribution < -0.4 is 5.73 Å². The van der Waals surface area contributed by atoms with Crippen LogP contribution in [0, 0.1) is 6.92 Å². The van der Waals surface area contributed by atoms with Crippen molar-refractivity contribution in [3.63, 3.8) is 0 Å². The van der Waals surface area contributed by atoms with Crippen molar-refractivity contribution in [3.05, 3.63) is 35.4 Å². The first-order valence-electron chi connectivity index (χ1n) is 5.90. The van der Waals surface area contributed by atoms with Crippen LogP contribution in [0.3, 0.4) is 0 Å². The number of ether oxygens (including phenoxy) is 1. The van der Waals surface area contributed by atoms with Crippen molar-refractivity contribution < 1.29 is 19.4 Å². The Kier molecular flexibility index (Phi) is 4.00. The van der Waals surface area contributed by atoms with Crippen LogP contribution in [-0.2, 0) is 19.9 Å². The summed E-state index contributed by atoms with van der Waals surface area (Å²) in [5.41, 5.74) is 3.83. The zero-order valence-electron chi connectivity index (χ0n) is 11.6. The van der Waals surface area contributed by atoms with Gasteiger partial charge in [-0.2, -0.15) is 0 Å². The largest absolute Gasteiger partial charge is 0.479 e. The van der Waals surface area contributed by atoms with Gasteiger partial charge in [0, 0.05) is 0 Å². The quantitative estimate of drug-likeness (QED) is 0.639. The molecule has 0 bridgehead atoms. The predicted octanol–water partition coefficient (Wildman–Crippen LogP) is 1.58. The van der Waals surface area contributed by atoms with Gasteiger partial charge in [0.25, 0.3) is 0 Å². The zero-order valence-corrected chi connectivity index (χ0v) is 11.6. The van der Waals surface area contributed by atoms with E-state index in [1.165, 1.54) is 6.07 Å². The number of aryl methyl sites for hydroxylation is 1. The minimum absolute atomic E-state index is 0.203. The van der Waals surface area contributed by atoms with E-state index >= 15 is 0 Å². The molecule has 0 amide bonds. The Hall–Kier alpha value is -1.88. The van der Waals surface area contributed by atoms with Gasteiger partial charge in [-0.3, -0.25) is 0 Å². The molecular formula is C14H19NO4. The minimum Gasteiger partial charge on any atom is -0.479 e. The van der Waals surface area contributed by atoms with Crippen LogP contribution in [-0.4, -0.2) is 22.6 Å². The smallest absolute Gasteiger partial charge is 0.343 e. The Morgan fingerprint density at radius 2 is 1.84 bits per heavy atom. The predicted molar refractivity (Wildman–Crippen MR) is 70.5 cm³/mol. The number of aliphatic carboxylic acids is 1. The minimum atomic E-state index is -2.20. The molecule has 19 heavy (non-hydrogen) atoms. The van der Waals surface area contributed by atoms with Crippen molar-refractivity contribution >= 4 is 11.9 Å². The molecule has 1 rings (SSSR count). The molecule has 0 unspecified atom stereocenters. The maximum Gasteiger partial charge on any atom is 0.343 e. The molecule has 0 saturated carbocycles. The lowest BCUT2D eigenvalue weighted by Gasteiger charge is -2.28. The van der Waals surface area contributed by atoms with E-state index in [4.69, 9.17) is 10.5 Å². The molecule has 1 atom stereocenters. The van der Waals surface area contributed by atoms with Crippen LogP contribution in [0.4, 0.5) is 0 Å². The van der Waals surface area contributed by atoms with E-state index in [0.717, 1.165) is 5.56 Å². The summed E-state index contributed by atoms with van der Waals surface area (Å²) in [7, 11) is 0. The van der Waals surface area contributed by atoms with Crippen molar-refractivity contribution in [2.24, 2.45) is 5.73 Å². The number of carbonyl (C=O) groups excluding carboxylic acids is 1. The summed E-state index contributed by atoms with van der Waals surface area (Å²) in [4.78, 5) is 23.5. The Morgan fingerprint density at radius 1 is 1.26 bits per heavy atom. The highest BCUT2D eigenvalue weighted by Crippen LogP contribution is 2.24. The molecule has 1 aromatic rings. The fraction of sp³-hybridized carbons (Fsp3) is 0.429. The van der Waals surface area contributed by atoms with Gasteiger partial charge in [0.05, 0.1) is 0 Å². The van der Waals surface area contributed by atoms with Crippen molar-refractivity contribution in [3.8, 4) is 0 Å². The second kappa shape index (κ2) is 5.01. The number of nitrogens with two attached hydrogens (primary N) is 1. The topological polar surface area (TPSA) is 89.6 Å². The Morgan fingerprint density at radius 3 is 2.26 bits per heavy atom. The third-order valence-corrected chi connectivity index (χ3v) is 2.53. The van der Waals surface area contributed by atoms with Crippen LogP contribution in [0.1, 0.15) is 31.9 Å². The van der Waals surface area contributed by atoms with Gasteiger partial charge in [0.2, 0.25) is 5.54 Å². The molecule has 0 fully saturated rings. The summed E-state index contributed by atoms with van der Waals surface area (Å²) >= 11 is 0. The number of hydrogen-bond donors (Lipinski definition) is 2. The number of carboxylic acid groups (broad SMARTS) is 1. The summed E-state index contributed by atoms with van der Waals surface area (Å²) in [6, 6.07) is 6.52. The summed E-state index contributed by atoms with van der Waals surface area (Å²) in [5, 5.41) is 9.32. The molecule has 0 heterocycles. The number of carbonyl (C=O) groups is 2. The Bertz CT molecular complexity index is 504. The lowest BCUT2D eigenvalue weighted by Crippen LogP contribution is -2.54. The molecule has 5 nitrogen and oxygen atoms in total. The molecule has 104 valence electrons. The highest BCUT2D eigenvalue weighted by molar-refractivity contribution is 6.04. The molecule has 0 radical (unpaired) electrons. The van der Waals surface area contributed by atoms with E-state index in [2.05, 4.69) is 0 Å². The molecule has 5 heteroatoms. The average Bonchev–Trinajstić information content (AvgIpc) is 2.25. The first kappa shape index (κ1) is 15.2. The van der Waals surface area contributed by atoms with Crippen LogP contribution in [0.25, 0.3) is 0 Å². The summed E-state index contributed by atoms with van der Waals surface area (Å²) in [6.07, 6.45) is 0. The van der Waals surface area contributed by atoms with Gasteiger partial charge in [0.15, 0.2) is 0 Å². The number of rotatable bonds is 3. The summed E-state index contributed by atoms with van der Waals surface area (Å²) < 4.78 is 5.11. The molecular weight excluding hydrogens is 246 g/mol. The van der Waals surface area contributed by atoms with Crippen molar-refractivity contribution in [1.29, 1.82) is 0 Å². The molecule has 0 aliphatic rings. The highest BCUT2D eigenvalue weighted by atomic mass is 16.6. The number of benzene rings is 1. The van der Waals surface area contributed by atoms with Crippen molar-refractivity contribution in [2.75, 3.05) is 0 Å². The monoisotopic (exact) mass is 265 g/mol. The van der Waals surface area contributed by atoms with Gasteiger partial charge in [-0.05, 0) is 33.3 Å². The third kappa shape index (κ3) is 3.32. The van der Waals surface area contributed by atoms with Crippen LogP contribution in [0.2, 0.25) is 0 Å². The third-order valence-electron chi connectivity index (χ3n) is 2.53. The van der Waals surface area contributed by atoms with E-state index < -0.39 is 23.1 Å². The van der Waals surface area contributed by atoms with Crippen molar-refractivity contribution in [2.45, 2.75) is 38.8 Å². The number of hydrogen-bond acceptors (Lipinski definition) is 4. The molecule has 3 N–H and O–H groups in total. The SMILES string of the molecule is Cc1cccc([C@@](N)(C(=O)O)C(=O)OC(C)(C)C)c1. The normalized spacial score (nSPS) is 14.6. The van der Waals surface area contributed by atoms with Gasteiger partial charge in [-0.15, -0.1) is 0 Å². The van der Waals surface area contributed by atoms with Gasteiger partial charge >= 0.3 is 11.9 Å². The Balaban J connectivity index is 3.25. The van der Waals surface area contributed by atoms with E-state index in [9.17, 15) is 14.7 Å². The molecule has 0 aliphatic carbocycles. The zero-order chi connectivity index (χ0) is 14.8. The van der Waals surface area contributed by atoms with E-state index in [-0.39, 0.29) is 5.56 Å². The first-order chi connectivity index (χ1) is 8.57. The van der Waals surface area contributed by atoms with Gasteiger partial charge in [-0.25, -0.2) is 9.59 Å². The number of carboxylic acids is 1. The molecule has 0 saturated heterocycles. The summed E-state index contributed by atoms with van der Waals surface area (Å²) in [5.74, 6) is -2.41. The van der Waals surface area contributed by atoms with Crippen molar-refractivity contribution in [1.82, 2.24) is 0 Å². The molecule has 0 aliphatic heterocycles. The highest BCUT2D eigenvalue weighted by Gasteiger charge is 2.47. The Labute approximate surface area is 112 Å². The maximum atomic E-state index is 12.1. The van der Waals surface area contributed by atoms with Crippen LogP contribution >= 0.6 is 0 Å². The standard InChI is InChI=1S/C14H19NO4/c1-9-6-5-7-10(8-9)14(15,11(16)17)12(18)19-13(2,3)4/h5-8H,15H2,1-4H3,(H,16,17)/t14-/m1/s1. The van der Waals surface area contributed by atoms with E-state index in [0.29, 0.717) is 0 Å². The number of esters is 1. The van der Waals surface area contributed by atoms with Crippen LogP contribution in [0.5, 0.6) is 0 Å². The second-order valence-corrected chi connectivity index (χ2v) is 5.48. The molecule has 1 aromatic carbocycles. The lowest BCUT2D eigenvalue weighted by atomic mass is 9.90. The maximum absolute atomic E-state index is 12.1. The fourth-order valence-corrected chi connectivity index (χ4v) is 1.58. The summed E-state index contributed by atoms with van der Waals surface area (Å²) in [6.45, 7) is 6.76. The fourth-order valence-electron chi connectivity index (χ4n) is 1.58. The van der Waals surface area contributed by atoms with Gasteiger partial charge < -0.3 is 15.6 Å². The average molecular weight is 265 g/mol. The van der Waals surface area contributed by atoms with E-state index in [1.807, 2.05) is 0 Å². The van der Waals surface area contributed by atoms with Gasteiger partial charge in [-0.1, -0.05) is 29.8 Å². The molecule has 0 aromatic heterocycles. The molecule has 0 spiro atoms.